The van der Waals surface area contributed by atoms with Crippen molar-refractivity contribution in [2.45, 2.75) is 25.3 Å². The molecule has 1 spiro atoms. The van der Waals surface area contributed by atoms with E-state index in [0.717, 1.165) is 26.1 Å². The van der Waals surface area contributed by atoms with Crippen LogP contribution >= 0.6 is 0 Å². The number of anilines is 1. The van der Waals surface area contributed by atoms with Gasteiger partial charge in [0.15, 0.2) is 0 Å². The largest absolute Gasteiger partial charge is 0.367 e. The molecular formula is C21H24N4. The van der Waals surface area contributed by atoms with Crippen molar-refractivity contribution in [2.75, 3.05) is 24.5 Å². The van der Waals surface area contributed by atoms with Gasteiger partial charge in [-0.2, -0.15) is 0 Å². The summed E-state index contributed by atoms with van der Waals surface area (Å²) in [6, 6.07) is 15.7. The molecular weight excluding hydrogens is 308 g/mol. The van der Waals surface area contributed by atoms with Crippen molar-refractivity contribution < 1.29 is 0 Å². The average molecular weight is 332 g/mol. The third kappa shape index (κ3) is 2.52. The Bertz CT molecular complexity index is 831. The molecule has 2 aromatic heterocycles. The van der Waals surface area contributed by atoms with E-state index in [2.05, 4.69) is 62.6 Å². The van der Waals surface area contributed by atoms with Crippen LogP contribution in [0.4, 0.5) is 5.69 Å². The Morgan fingerprint density at radius 1 is 1.12 bits per heavy atom. The minimum absolute atomic E-state index is 0.389. The van der Waals surface area contributed by atoms with Gasteiger partial charge in [-0.3, -0.25) is 4.98 Å². The lowest BCUT2D eigenvalue weighted by atomic mass is 9.77. The molecule has 4 nitrogen and oxygen atoms in total. The number of hydrogen-bond donors (Lipinski definition) is 2. The van der Waals surface area contributed by atoms with E-state index in [9.17, 15) is 0 Å². The minimum Gasteiger partial charge on any atom is -0.367 e. The van der Waals surface area contributed by atoms with Crippen LogP contribution in [0.5, 0.6) is 0 Å². The summed E-state index contributed by atoms with van der Waals surface area (Å²) in [6.07, 6.45) is 7.44. The van der Waals surface area contributed by atoms with Gasteiger partial charge in [-0.1, -0.05) is 18.2 Å². The summed E-state index contributed by atoms with van der Waals surface area (Å²) in [5.41, 5.74) is 4.28. The maximum absolute atomic E-state index is 4.20. The fourth-order valence-corrected chi connectivity index (χ4v) is 4.88. The lowest BCUT2D eigenvalue weighted by molar-refractivity contribution is 0.287. The monoisotopic (exact) mass is 332 g/mol. The smallest absolute Gasteiger partial charge is 0.0456 e. The van der Waals surface area contributed by atoms with E-state index in [-0.39, 0.29) is 0 Å². The van der Waals surface area contributed by atoms with E-state index in [1.54, 1.807) is 0 Å². The zero-order valence-corrected chi connectivity index (χ0v) is 14.4. The second-order valence-corrected chi connectivity index (χ2v) is 7.54. The topological polar surface area (TPSA) is 44.0 Å². The van der Waals surface area contributed by atoms with Gasteiger partial charge in [-0.25, -0.2) is 0 Å². The van der Waals surface area contributed by atoms with Gasteiger partial charge in [-0.15, -0.1) is 0 Å². The molecule has 5 rings (SSSR count). The lowest BCUT2D eigenvalue weighted by Gasteiger charge is -2.35. The van der Waals surface area contributed by atoms with Gasteiger partial charge in [0.05, 0.1) is 0 Å². The first-order chi connectivity index (χ1) is 12.3. The number of H-pyrrole nitrogens is 1. The second-order valence-electron chi connectivity index (χ2n) is 7.54. The summed E-state index contributed by atoms with van der Waals surface area (Å²) in [5, 5.41) is 4.93. The summed E-state index contributed by atoms with van der Waals surface area (Å²) in [5.74, 6) is 0. The fraction of sp³-hybridized carbons (Fsp3) is 0.381. The Morgan fingerprint density at radius 2 is 2.00 bits per heavy atom. The molecule has 2 fully saturated rings. The van der Waals surface area contributed by atoms with E-state index >= 15 is 0 Å². The molecule has 0 radical (unpaired) electrons. The van der Waals surface area contributed by atoms with Crippen LogP contribution in [-0.2, 0) is 6.42 Å². The maximum atomic E-state index is 4.20. The molecule has 2 aliphatic rings. The van der Waals surface area contributed by atoms with Gasteiger partial charge in [0.2, 0.25) is 0 Å². The molecule has 1 aromatic carbocycles. The molecule has 2 saturated heterocycles. The molecule has 3 aromatic rings. The van der Waals surface area contributed by atoms with Crippen LogP contribution in [0.3, 0.4) is 0 Å². The number of pyridine rings is 1. The maximum Gasteiger partial charge on any atom is 0.0456 e. The highest BCUT2D eigenvalue weighted by atomic mass is 15.2. The zero-order chi connectivity index (χ0) is 16.7. The first-order valence-corrected chi connectivity index (χ1v) is 9.28. The molecule has 2 N–H and O–H groups in total. The number of aromatic amines is 1. The number of hydrogen-bond acceptors (Lipinski definition) is 3. The van der Waals surface area contributed by atoms with E-state index < -0.39 is 0 Å². The third-order valence-electron chi connectivity index (χ3n) is 6.20. The van der Waals surface area contributed by atoms with E-state index in [0.29, 0.717) is 11.5 Å². The summed E-state index contributed by atoms with van der Waals surface area (Å²) in [4.78, 5) is 10.5. The van der Waals surface area contributed by atoms with E-state index in [4.69, 9.17) is 0 Å². The Balaban J connectivity index is 1.51. The van der Waals surface area contributed by atoms with Crippen LogP contribution in [0.2, 0.25) is 0 Å². The summed E-state index contributed by atoms with van der Waals surface area (Å²) >= 11 is 0. The molecule has 2 unspecified atom stereocenters. The van der Waals surface area contributed by atoms with Crippen molar-refractivity contribution >= 4 is 16.6 Å². The second kappa shape index (κ2) is 5.88. The van der Waals surface area contributed by atoms with Crippen molar-refractivity contribution in [3.05, 3.63) is 60.6 Å². The highest BCUT2D eigenvalue weighted by Gasteiger charge is 2.48. The predicted molar refractivity (Wildman–Crippen MR) is 102 cm³/mol. The quantitative estimate of drug-likeness (QED) is 0.773. The highest BCUT2D eigenvalue weighted by Crippen LogP contribution is 2.45. The normalized spacial score (nSPS) is 26.1. The highest BCUT2D eigenvalue weighted by molar-refractivity contribution is 5.80. The Kier molecular flexibility index (Phi) is 3.52. The molecule has 25 heavy (non-hydrogen) atoms. The van der Waals surface area contributed by atoms with Crippen LogP contribution in [0, 0.1) is 5.41 Å². The van der Waals surface area contributed by atoms with Crippen LogP contribution in [0.1, 0.15) is 18.5 Å². The zero-order valence-electron chi connectivity index (χ0n) is 14.4. The van der Waals surface area contributed by atoms with Crippen LogP contribution in [-0.4, -0.2) is 35.6 Å². The Hall–Kier alpha value is -2.33. The molecule has 0 bridgehead atoms. The Morgan fingerprint density at radius 3 is 2.80 bits per heavy atom. The van der Waals surface area contributed by atoms with Gasteiger partial charge >= 0.3 is 0 Å². The first-order valence-electron chi connectivity index (χ1n) is 9.28. The number of fused-ring (bicyclic) bond motifs is 1. The van der Waals surface area contributed by atoms with Gasteiger partial charge in [-0.05, 0) is 49.0 Å². The van der Waals surface area contributed by atoms with Crippen molar-refractivity contribution in [2.24, 2.45) is 5.41 Å². The van der Waals surface area contributed by atoms with Gasteiger partial charge in [0.1, 0.15) is 0 Å². The molecule has 4 heteroatoms. The van der Waals surface area contributed by atoms with E-state index in [1.165, 1.54) is 35.1 Å². The van der Waals surface area contributed by atoms with E-state index in [1.807, 2.05) is 12.4 Å². The molecule has 2 atom stereocenters. The number of para-hydroxylation sites is 1. The van der Waals surface area contributed by atoms with Crippen molar-refractivity contribution in [1.82, 2.24) is 15.3 Å². The van der Waals surface area contributed by atoms with Crippen LogP contribution in [0.25, 0.3) is 10.9 Å². The molecule has 0 saturated carbocycles. The Labute approximate surface area is 148 Å². The number of benzene rings is 1. The van der Waals surface area contributed by atoms with Crippen LogP contribution < -0.4 is 10.2 Å². The third-order valence-corrected chi connectivity index (χ3v) is 6.20. The standard InChI is InChI=1S/C21H24N4/c1-2-4-19-16(3-1)13-17(24-19)14-20-21(7-11-23-15-21)8-12-25(20)18-5-9-22-10-6-18/h1-6,9-10,13,20,23-24H,7-8,11-12,14-15H2. The van der Waals surface area contributed by atoms with Crippen molar-refractivity contribution in [3.8, 4) is 0 Å². The van der Waals surface area contributed by atoms with Gasteiger partial charge in [0, 0.05) is 60.3 Å². The fourth-order valence-electron chi connectivity index (χ4n) is 4.88. The molecule has 128 valence electrons. The van der Waals surface area contributed by atoms with Crippen molar-refractivity contribution in [1.29, 1.82) is 0 Å². The first kappa shape index (κ1) is 15.0. The van der Waals surface area contributed by atoms with Crippen molar-refractivity contribution in [3.63, 3.8) is 0 Å². The predicted octanol–water partition coefficient (Wildman–Crippen LogP) is 3.36. The molecule has 2 aliphatic heterocycles. The average Bonchev–Trinajstić information content (AvgIpc) is 3.36. The van der Waals surface area contributed by atoms with Gasteiger partial charge in [0.25, 0.3) is 0 Å². The molecule has 4 heterocycles. The number of rotatable bonds is 3. The lowest BCUT2D eigenvalue weighted by Crippen LogP contribution is -2.43. The molecule has 0 amide bonds. The number of nitrogens with zero attached hydrogens (tertiary/aromatic N) is 2. The molecule has 0 aliphatic carbocycles. The summed E-state index contributed by atoms with van der Waals surface area (Å²) in [7, 11) is 0. The minimum atomic E-state index is 0.389. The SMILES string of the molecule is c1ccc2[nH]c(CC3N(c4ccncc4)CCC34CCNC4)cc2c1. The summed E-state index contributed by atoms with van der Waals surface area (Å²) < 4.78 is 0. The number of aromatic nitrogens is 2. The number of nitrogens with one attached hydrogen (secondary N) is 2. The van der Waals surface area contributed by atoms with Crippen LogP contribution in [0.15, 0.2) is 54.9 Å². The summed E-state index contributed by atoms with van der Waals surface area (Å²) in [6.45, 7) is 3.42. The van der Waals surface area contributed by atoms with Gasteiger partial charge < -0.3 is 15.2 Å².